The minimum Gasteiger partial charge on any atom is -0.346 e. The third-order valence-electron chi connectivity index (χ3n) is 4.98. The Morgan fingerprint density at radius 2 is 2.04 bits per heavy atom. The molecule has 0 bridgehead atoms. The van der Waals surface area contributed by atoms with Gasteiger partial charge in [-0.3, -0.25) is 19.7 Å². The third kappa shape index (κ3) is 3.31. The Hall–Kier alpha value is -3.14. The highest BCUT2D eigenvalue weighted by molar-refractivity contribution is 5.98. The fraction of sp³-hybridized carbons (Fsp3) is 0.350. The second-order valence-corrected chi connectivity index (χ2v) is 7.01. The SMILES string of the molecule is CC#Cc1cn([C@](C)(F)c2ccc([C@]3(C)CC(=O)N(C)C(=N)N3)cc2)cn1. The Balaban J connectivity index is 1.88. The van der Waals surface area contributed by atoms with E-state index in [0.717, 1.165) is 5.56 Å². The molecule has 1 amide bonds. The number of benzene rings is 1. The van der Waals surface area contributed by atoms with Crippen LogP contribution in [-0.2, 0) is 16.1 Å². The molecule has 3 rings (SSSR count). The van der Waals surface area contributed by atoms with Crippen LogP contribution in [0.5, 0.6) is 0 Å². The summed E-state index contributed by atoms with van der Waals surface area (Å²) in [6.45, 7) is 5.03. The van der Waals surface area contributed by atoms with Gasteiger partial charge in [-0.05, 0) is 32.3 Å². The van der Waals surface area contributed by atoms with Crippen LogP contribution in [0.25, 0.3) is 0 Å². The molecular formula is C20H22FN5O. The number of guanidine groups is 1. The molecule has 0 spiro atoms. The molecule has 7 heteroatoms. The third-order valence-corrected chi connectivity index (χ3v) is 4.98. The van der Waals surface area contributed by atoms with E-state index >= 15 is 4.39 Å². The Morgan fingerprint density at radius 1 is 1.37 bits per heavy atom. The van der Waals surface area contributed by atoms with Crippen molar-refractivity contribution >= 4 is 11.9 Å². The molecule has 1 saturated heterocycles. The van der Waals surface area contributed by atoms with Crippen LogP contribution in [0.1, 0.15) is 44.0 Å². The van der Waals surface area contributed by atoms with E-state index in [9.17, 15) is 4.79 Å². The van der Waals surface area contributed by atoms with E-state index in [4.69, 9.17) is 5.41 Å². The molecule has 0 aliphatic carbocycles. The molecule has 1 aromatic heterocycles. The fourth-order valence-electron chi connectivity index (χ4n) is 3.15. The van der Waals surface area contributed by atoms with E-state index in [0.29, 0.717) is 11.3 Å². The molecule has 1 fully saturated rings. The van der Waals surface area contributed by atoms with Gasteiger partial charge in [-0.2, -0.15) is 0 Å². The van der Waals surface area contributed by atoms with Crippen LogP contribution in [0.15, 0.2) is 36.8 Å². The normalized spacial score (nSPS) is 21.9. The number of nitrogens with zero attached hydrogens (tertiary/aromatic N) is 3. The van der Waals surface area contributed by atoms with Crippen molar-refractivity contribution in [2.75, 3.05) is 7.05 Å². The van der Waals surface area contributed by atoms with E-state index in [1.165, 1.54) is 22.7 Å². The van der Waals surface area contributed by atoms with Gasteiger partial charge in [-0.15, -0.1) is 0 Å². The van der Waals surface area contributed by atoms with Gasteiger partial charge in [0.1, 0.15) is 5.69 Å². The summed E-state index contributed by atoms with van der Waals surface area (Å²) in [5.74, 6) is 3.68. The Kier molecular flexibility index (Phi) is 4.52. The number of halogens is 1. The maximum Gasteiger partial charge on any atom is 0.231 e. The highest BCUT2D eigenvalue weighted by Gasteiger charge is 2.38. The van der Waals surface area contributed by atoms with Crippen molar-refractivity contribution in [1.29, 1.82) is 5.41 Å². The molecule has 0 unspecified atom stereocenters. The predicted octanol–water partition coefficient (Wildman–Crippen LogP) is 2.55. The van der Waals surface area contributed by atoms with Gasteiger partial charge in [0.05, 0.1) is 18.3 Å². The molecule has 1 aliphatic heterocycles. The molecule has 27 heavy (non-hydrogen) atoms. The van der Waals surface area contributed by atoms with E-state index < -0.39 is 11.3 Å². The second kappa shape index (κ2) is 6.54. The first-order valence-electron chi connectivity index (χ1n) is 8.58. The zero-order valence-electron chi connectivity index (χ0n) is 15.8. The molecule has 2 atom stereocenters. The van der Waals surface area contributed by atoms with Gasteiger partial charge in [0.15, 0.2) is 5.96 Å². The van der Waals surface area contributed by atoms with Crippen LogP contribution in [0.2, 0.25) is 0 Å². The van der Waals surface area contributed by atoms with Crippen LogP contribution >= 0.6 is 0 Å². The zero-order chi connectivity index (χ0) is 19.8. The zero-order valence-corrected chi connectivity index (χ0v) is 15.8. The van der Waals surface area contributed by atoms with Gasteiger partial charge in [-0.1, -0.05) is 30.2 Å². The van der Waals surface area contributed by atoms with E-state index in [2.05, 4.69) is 22.1 Å². The fourth-order valence-corrected chi connectivity index (χ4v) is 3.15. The molecule has 2 heterocycles. The number of nitrogens with one attached hydrogen (secondary N) is 2. The Morgan fingerprint density at radius 3 is 2.63 bits per heavy atom. The van der Waals surface area contributed by atoms with Crippen LogP contribution in [-0.4, -0.2) is 33.4 Å². The van der Waals surface area contributed by atoms with E-state index in [-0.39, 0.29) is 18.3 Å². The second-order valence-electron chi connectivity index (χ2n) is 7.01. The number of carbonyl (C=O) groups excluding carboxylic acids is 1. The molecule has 1 aromatic carbocycles. The van der Waals surface area contributed by atoms with Gasteiger partial charge in [-0.25, -0.2) is 9.37 Å². The van der Waals surface area contributed by atoms with Crippen molar-refractivity contribution in [3.05, 3.63) is 53.6 Å². The van der Waals surface area contributed by atoms with Gasteiger partial charge in [0.2, 0.25) is 11.7 Å². The topological polar surface area (TPSA) is 74.0 Å². The number of amides is 1. The summed E-state index contributed by atoms with van der Waals surface area (Å²) >= 11 is 0. The first-order chi connectivity index (χ1) is 12.7. The molecule has 140 valence electrons. The van der Waals surface area contributed by atoms with Crippen molar-refractivity contribution in [2.45, 2.75) is 38.5 Å². The maximum absolute atomic E-state index is 15.4. The number of hydrogen-bond donors (Lipinski definition) is 2. The Labute approximate surface area is 157 Å². The van der Waals surface area contributed by atoms with Crippen molar-refractivity contribution in [3.63, 3.8) is 0 Å². The summed E-state index contributed by atoms with van der Waals surface area (Å²) in [6, 6.07) is 6.96. The van der Waals surface area contributed by atoms with Crippen molar-refractivity contribution < 1.29 is 9.18 Å². The lowest BCUT2D eigenvalue weighted by Gasteiger charge is -2.39. The molecule has 2 aromatic rings. The van der Waals surface area contributed by atoms with Gasteiger partial charge in [0, 0.05) is 18.8 Å². The molecular weight excluding hydrogens is 345 g/mol. The van der Waals surface area contributed by atoms with Crippen molar-refractivity contribution in [1.82, 2.24) is 19.8 Å². The number of carbonyl (C=O) groups is 1. The summed E-state index contributed by atoms with van der Waals surface area (Å²) < 4.78 is 16.8. The lowest BCUT2D eigenvalue weighted by Crippen LogP contribution is -2.58. The van der Waals surface area contributed by atoms with Crippen molar-refractivity contribution in [3.8, 4) is 11.8 Å². The molecule has 0 saturated carbocycles. The number of hydrogen-bond acceptors (Lipinski definition) is 3. The first-order valence-corrected chi connectivity index (χ1v) is 8.58. The van der Waals surface area contributed by atoms with Crippen LogP contribution < -0.4 is 5.32 Å². The Bertz CT molecular complexity index is 931. The quantitative estimate of drug-likeness (QED) is 0.819. The first kappa shape index (κ1) is 18.6. The predicted molar refractivity (Wildman–Crippen MR) is 101 cm³/mol. The minimum atomic E-state index is -1.79. The van der Waals surface area contributed by atoms with Crippen LogP contribution in [0.4, 0.5) is 4.39 Å². The summed E-state index contributed by atoms with van der Waals surface area (Å²) in [5, 5.41) is 11.0. The minimum absolute atomic E-state index is 0.0520. The lowest BCUT2D eigenvalue weighted by molar-refractivity contribution is -0.129. The molecule has 2 N–H and O–H groups in total. The number of alkyl halides is 1. The van der Waals surface area contributed by atoms with Gasteiger partial charge in [0.25, 0.3) is 0 Å². The summed E-state index contributed by atoms with van der Waals surface area (Å²) in [4.78, 5) is 17.5. The number of imidazole rings is 1. The van der Waals surface area contributed by atoms with Gasteiger partial charge >= 0.3 is 0 Å². The van der Waals surface area contributed by atoms with Crippen molar-refractivity contribution in [2.24, 2.45) is 0 Å². The molecule has 6 nitrogen and oxygen atoms in total. The number of aromatic nitrogens is 2. The number of rotatable bonds is 3. The summed E-state index contributed by atoms with van der Waals surface area (Å²) in [6.07, 6.45) is 3.22. The smallest absolute Gasteiger partial charge is 0.231 e. The standard InChI is InChI=1S/C20H22FN5O/c1-5-6-16-12-26(13-23-16)20(3,21)15-9-7-14(8-10-15)19(2)11-17(27)25(4)18(22)24-19/h7-10,12-13H,11H2,1-4H3,(H2,22,24)/t19-,20-/m0/s1. The highest BCUT2D eigenvalue weighted by Crippen LogP contribution is 2.32. The highest BCUT2D eigenvalue weighted by atomic mass is 19.1. The average Bonchev–Trinajstić information content (AvgIpc) is 3.10. The van der Waals surface area contributed by atoms with E-state index in [1.807, 2.05) is 6.92 Å². The summed E-state index contributed by atoms with van der Waals surface area (Å²) in [7, 11) is 1.57. The van der Waals surface area contributed by atoms with Crippen LogP contribution in [0.3, 0.4) is 0 Å². The van der Waals surface area contributed by atoms with E-state index in [1.54, 1.807) is 44.4 Å². The largest absolute Gasteiger partial charge is 0.346 e. The lowest BCUT2D eigenvalue weighted by atomic mass is 9.85. The maximum atomic E-state index is 15.4. The monoisotopic (exact) mass is 367 g/mol. The molecule has 1 aliphatic rings. The van der Waals surface area contributed by atoms with Gasteiger partial charge < -0.3 is 5.32 Å². The van der Waals surface area contributed by atoms with Crippen LogP contribution in [0, 0.1) is 17.3 Å². The summed E-state index contributed by atoms with van der Waals surface area (Å²) in [5.41, 5.74) is 1.08. The average molecular weight is 367 g/mol. The molecule has 0 radical (unpaired) electrons.